The van der Waals surface area contributed by atoms with E-state index in [-0.39, 0.29) is 40.4 Å². The number of hydrazone groups is 1. The molecule has 1 aliphatic rings. The van der Waals surface area contributed by atoms with E-state index in [0.29, 0.717) is 11.3 Å². The molecule has 2 aromatic carbocycles. The summed E-state index contributed by atoms with van der Waals surface area (Å²) in [7, 11) is -0.586. The molecule has 0 aromatic heterocycles. The number of carbonyl (C=O) groups is 1. The first-order valence-electron chi connectivity index (χ1n) is 8.36. The number of allylic oxidation sites excluding steroid dienone is 2. The van der Waals surface area contributed by atoms with Crippen LogP contribution >= 0.6 is 0 Å². The summed E-state index contributed by atoms with van der Waals surface area (Å²) in [5.41, 5.74) is 2.86. The molecule has 2 aromatic rings. The van der Waals surface area contributed by atoms with Crippen molar-refractivity contribution in [3.8, 4) is 0 Å². The SMILES string of the molecule is CN(C)c1ccc(/C=C/C=C2\C=NN(c3ccc(S(=O)(=O)[O-])cc3)C2=O)cc1.[Na+]. The Bertz CT molecular complexity index is 1070. The maximum absolute atomic E-state index is 12.5. The van der Waals surface area contributed by atoms with Gasteiger partial charge in [0.2, 0.25) is 0 Å². The van der Waals surface area contributed by atoms with Crippen molar-refractivity contribution in [2.75, 3.05) is 24.0 Å². The van der Waals surface area contributed by atoms with Crippen LogP contribution in [0.25, 0.3) is 6.08 Å². The summed E-state index contributed by atoms with van der Waals surface area (Å²) in [6, 6.07) is 13.0. The van der Waals surface area contributed by atoms with Crippen LogP contribution in [-0.4, -0.2) is 39.2 Å². The van der Waals surface area contributed by atoms with E-state index in [1.807, 2.05) is 49.3 Å². The smallest absolute Gasteiger partial charge is 0.744 e. The number of nitrogens with zero attached hydrogens (tertiary/aromatic N) is 3. The van der Waals surface area contributed by atoms with Crippen LogP contribution in [0.1, 0.15) is 5.56 Å². The van der Waals surface area contributed by atoms with Gasteiger partial charge in [-0.15, -0.1) is 0 Å². The molecule has 0 fully saturated rings. The van der Waals surface area contributed by atoms with E-state index < -0.39 is 10.1 Å². The quantitative estimate of drug-likeness (QED) is 0.375. The van der Waals surface area contributed by atoms with Crippen molar-refractivity contribution in [1.82, 2.24) is 0 Å². The van der Waals surface area contributed by atoms with Crippen molar-refractivity contribution in [3.63, 3.8) is 0 Å². The fraction of sp³-hybridized carbons (Fsp3) is 0.100. The number of rotatable bonds is 5. The van der Waals surface area contributed by atoms with Crippen LogP contribution in [0.3, 0.4) is 0 Å². The molecular weight excluding hydrogens is 401 g/mol. The summed E-state index contributed by atoms with van der Waals surface area (Å²) < 4.78 is 33.0. The van der Waals surface area contributed by atoms with Gasteiger partial charge in [0.25, 0.3) is 5.91 Å². The zero-order chi connectivity index (χ0) is 20.3. The number of amides is 1. The zero-order valence-electron chi connectivity index (χ0n) is 16.3. The van der Waals surface area contributed by atoms with E-state index in [0.717, 1.165) is 28.4 Å². The van der Waals surface area contributed by atoms with E-state index >= 15 is 0 Å². The third-order valence-corrected chi connectivity index (χ3v) is 4.95. The van der Waals surface area contributed by atoms with Gasteiger partial charge < -0.3 is 9.45 Å². The van der Waals surface area contributed by atoms with Crippen LogP contribution in [0.2, 0.25) is 0 Å². The van der Waals surface area contributed by atoms with Gasteiger partial charge in [0.1, 0.15) is 10.1 Å². The molecule has 1 aliphatic heterocycles. The molecule has 0 bridgehead atoms. The largest absolute Gasteiger partial charge is 1.00 e. The molecule has 0 unspecified atom stereocenters. The fourth-order valence-electron chi connectivity index (χ4n) is 2.55. The normalized spacial score (nSPS) is 15.2. The molecule has 0 aliphatic carbocycles. The first kappa shape index (κ1) is 23.1. The average molecular weight is 419 g/mol. The van der Waals surface area contributed by atoms with Gasteiger partial charge in [0, 0.05) is 19.8 Å². The van der Waals surface area contributed by atoms with E-state index in [4.69, 9.17) is 0 Å². The maximum Gasteiger partial charge on any atom is 1.00 e. The van der Waals surface area contributed by atoms with Crippen LogP contribution in [-0.2, 0) is 14.9 Å². The number of hydrogen-bond donors (Lipinski definition) is 0. The second-order valence-corrected chi connectivity index (χ2v) is 7.66. The Morgan fingerprint density at radius 2 is 1.66 bits per heavy atom. The molecule has 0 atom stereocenters. The summed E-state index contributed by atoms with van der Waals surface area (Å²) in [6.07, 6.45) is 6.73. The van der Waals surface area contributed by atoms with Crippen molar-refractivity contribution in [2.24, 2.45) is 5.10 Å². The van der Waals surface area contributed by atoms with Crippen molar-refractivity contribution in [3.05, 3.63) is 71.8 Å². The second kappa shape index (κ2) is 9.51. The molecule has 0 radical (unpaired) electrons. The van der Waals surface area contributed by atoms with Gasteiger partial charge in [-0.2, -0.15) is 10.1 Å². The zero-order valence-corrected chi connectivity index (χ0v) is 19.1. The molecule has 3 rings (SSSR count). The van der Waals surface area contributed by atoms with Gasteiger partial charge in [-0.1, -0.05) is 24.3 Å². The van der Waals surface area contributed by atoms with Crippen molar-refractivity contribution < 1.29 is 47.3 Å². The molecule has 0 saturated heterocycles. The number of hydrogen-bond acceptors (Lipinski definition) is 6. The summed E-state index contributed by atoms with van der Waals surface area (Å²) >= 11 is 0. The fourth-order valence-corrected chi connectivity index (χ4v) is 3.02. The van der Waals surface area contributed by atoms with Crippen LogP contribution in [0.4, 0.5) is 11.4 Å². The minimum atomic E-state index is -4.53. The number of anilines is 2. The van der Waals surface area contributed by atoms with Crippen LogP contribution in [0.5, 0.6) is 0 Å². The Balaban J connectivity index is 0.00000300. The standard InChI is InChI=1S/C20H19N3O4S.Na/c1-22(2)17-8-6-15(7-9-17)4-3-5-16-14-21-23(20(16)24)18-10-12-19(13-11-18)28(25,26)27;/h3-14H,1-2H3,(H,25,26,27);/q;+1/p-1/b4-3+,16-5+;. The predicted molar refractivity (Wildman–Crippen MR) is 108 cm³/mol. The Morgan fingerprint density at radius 1 is 1.03 bits per heavy atom. The monoisotopic (exact) mass is 419 g/mol. The molecule has 0 spiro atoms. The first-order valence-corrected chi connectivity index (χ1v) is 9.77. The molecule has 1 amide bonds. The predicted octanol–water partition coefficient (Wildman–Crippen LogP) is -0.367. The Hall–Kier alpha value is -2.23. The van der Waals surface area contributed by atoms with E-state index in [1.165, 1.54) is 18.3 Å². The van der Waals surface area contributed by atoms with Crippen molar-refractivity contribution in [2.45, 2.75) is 4.90 Å². The van der Waals surface area contributed by atoms with E-state index in [2.05, 4.69) is 5.10 Å². The van der Waals surface area contributed by atoms with Gasteiger partial charge >= 0.3 is 29.6 Å². The Labute approximate surface area is 192 Å². The van der Waals surface area contributed by atoms with Gasteiger partial charge in [-0.25, -0.2) is 8.42 Å². The van der Waals surface area contributed by atoms with Crippen LogP contribution in [0.15, 0.2) is 76.3 Å². The molecule has 1 heterocycles. The Morgan fingerprint density at radius 3 is 2.21 bits per heavy atom. The molecule has 9 heteroatoms. The number of benzene rings is 2. The van der Waals surface area contributed by atoms with Crippen molar-refractivity contribution >= 4 is 39.7 Å². The van der Waals surface area contributed by atoms with Gasteiger partial charge in [-0.3, -0.25) is 4.79 Å². The van der Waals surface area contributed by atoms with Crippen LogP contribution < -0.4 is 39.5 Å². The molecule has 7 nitrogen and oxygen atoms in total. The summed E-state index contributed by atoms with van der Waals surface area (Å²) in [4.78, 5) is 14.1. The van der Waals surface area contributed by atoms with Gasteiger partial charge in [0.15, 0.2) is 0 Å². The van der Waals surface area contributed by atoms with Crippen molar-refractivity contribution in [1.29, 1.82) is 0 Å². The molecular formula is C20H18N3NaO4S. The third-order valence-electron chi connectivity index (χ3n) is 4.10. The summed E-state index contributed by atoms with van der Waals surface area (Å²) in [6.45, 7) is 0. The summed E-state index contributed by atoms with van der Waals surface area (Å²) in [5, 5.41) is 5.19. The second-order valence-electron chi connectivity index (χ2n) is 6.28. The Kier molecular flexibility index (Phi) is 7.56. The van der Waals surface area contributed by atoms with Gasteiger partial charge in [-0.05, 0) is 48.0 Å². The minimum Gasteiger partial charge on any atom is -0.744 e. The minimum absolute atomic E-state index is 0. The van der Waals surface area contributed by atoms with E-state index in [9.17, 15) is 17.8 Å². The van der Waals surface area contributed by atoms with Gasteiger partial charge in [0.05, 0.1) is 22.4 Å². The molecule has 0 saturated carbocycles. The molecule has 29 heavy (non-hydrogen) atoms. The number of carbonyl (C=O) groups excluding carboxylic acids is 1. The average Bonchev–Trinajstić information content (AvgIpc) is 3.02. The summed E-state index contributed by atoms with van der Waals surface area (Å²) in [5.74, 6) is -0.342. The topological polar surface area (TPSA) is 93.1 Å². The third kappa shape index (κ3) is 5.65. The molecule has 144 valence electrons. The van der Waals surface area contributed by atoms with Crippen LogP contribution in [0, 0.1) is 0 Å². The van der Waals surface area contributed by atoms with E-state index in [1.54, 1.807) is 12.2 Å². The molecule has 0 N–H and O–H groups in total. The maximum atomic E-state index is 12.5. The first-order chi connectivity index (χ1) is 13.3.